The van der Waals surface area contributed by atoms with Crippen molar-refractivity contribution in [3.8, 4) is 0 Å². The lowest BCUT2D eigenvalue weighted by Crippen LogP contribution is -2.61. The molecule has 1 amide bonds. The van der Waals surface area contributed by atoms with Crippen LogP contribution in [-0.2, 0) is 10.3 Å². The number of hydrogen-bond donors (Lipinski definition) is 1. The fourth-order valence-electron chi connectivity index (χ4n) is 6.70. The highest BCUT2D eigenvalue weighted by Crippen LogP contribution is 2.64. The quantitative estimate of drug-likeness (QED) is 0.836. The van der Waals surface area contributed by atoms with Crippen molar-refractivity contribution in [1.82, 2.24) is 25.5 Å². The van der Waals surface area contributed by atoms with Crippen LogP contribution in [-0.4, -0.2) is 26.1 Å². The van der Waals surface area contributed by atoms with Crippen molar-refractivity contribution in [3.63, 3.8) is 0 Å². The van der Waals surface area contributed by atoms with Gasteiger partial charge in [0.25, 0.3) is 0 Å². The lowest BCUT2D eigenvalue weighted by atomic mass is 9.46. The van der Waals surface area contributed by atoms with Crippen LogP contribution in [0.2, 0.25) is 0 Å². The van der Waals surface area contributed by atoms with Gasteiger partial charge in [0.2, 0.25) is 5.91 Å². The van der Waals surface area contributed by atoms with Crippen LogP contribution in [0.15, 0.2) is 30.6 Å². The molecule has 1 aromatic carbocycles. The maximum atomic E-state index is 13.7. The van der Waals surface area contributed by atoms with E-state index in [0.717, 1.165) is 37.7 Å². The van der Waals surface area contributed by atoms with E-state index in [9.17, 15) is 9.18 Å². The SMILES string of the molecule is CC(C)[C@@H](NC(=O)C12C[C@H]3C[C@@H](C1)CC(n1ncnn1)(C3)C2)c1ccc(F)cc1. The molecule has 4 bridgehead atoms. The van der Waals surface area contributed by atoms with Crippen molar-refractivity contribution in [3.05, 3.63) is 42.0 Å². The van der Waals surface area contributed by atoms with E-state index in [4.69, 9.17) is 0 Å². The Kier molecular flexibility index (Phi) is 4.26. The van der Waals surface area contributed by atoms with Gasteiger partial charge in [0.15, 0.2) is 6.33 Å². The molecule has 154 valence electrons. The Labute approximate surface area is 170 Å². The third-order valence-electron chi connectivity index (χ3n) is 7.47. The molecule has 1 N–H and O–H groups in total. The van der Waals surface area contributed by atoms with Crippen molar-refractivity contribution in [2.24, 2.45) is 23.2 Å². The predicted molar refractivity (Wildman–Crippen MR) is 105 cm³/mol. The smallest absolute Gasteiger partial charge is 0.226 e. The molecule has 4 fully saturated rings. The molecule has 4 aliphatic carbocycles. The molecule has 6 rings (SSSR count). The van der Waals surface area contributed by atoms with Gasteiger partial charge < -0.3 is 5.32 Å². The molecule has 0 spiro atoms. The summed E-state index contributed by atoms with van der Waals surface area (Å²) in [4.78, 5) is 15.5. The summed E-state index contributed by atoms with van der Waals surface area (Å²) < 4.78 is 13.4. The number of benzene rings is 1. The van der Waals surface area contributed by atoms with Crippen LogP contribution in [0, 0.1) is 29.0 Å². The van der Waals surface area contributed by atoms with Crippen LogP contribution in [0.3, 0.4) is 0 Å². The molecule has 0 aliphatic heterocycles. The molecule has 7 heteroatoms. The maximum absolute atomic E-state index is 13.7. The van der Waals surface area contributed by atoms with Gasteiger partial charge in [-0.25, -0.2) is 4.39 Å². The average molecular weight is 397 g/mol. The fraction of sp³-hybridized carbons (Fsp3) is 0.636. The van der Waals surface area contributed by atoms with Gasteiger partial charge >= 0.3 is 0 Å². The van der Waals surface area contributed by atoms with E-state index in [1.165, 1.54) is 24.9 Å². The number of halogens is 1. The van der Waals surface area contributed by atoms with E-state index in [0.29, 0.717) is 11.8 Å². The monoisotopic (exact) mass is 397 g/mol. The number of nitrogens with zero attached hydrogens (tertiary/aromatic N) is 4. The molecule has 29 heavy (non-hydrogen) atoms. The van der Waals surface area contributed by atoms with E-state index in [2.05, 4.69) is 34.6 Å². The Morgan fingerprint density at radius 3 is 2.45 bits per heavy atom. The summed E-state index contributed by atoms with van der Waals surface area (Å²) in [5, 5.41) is 15.9. The van der Waals surface area contributed by atoms with Gasteiger partial charge in [-0.15, -0.1) is 10.2 Å². The highest BCUT2D eigenvalue weighted by molar-refractivity contribution is 5.83. The fourth-order valence-corrected chi connectivity index (χ4v) is 6.70. The van der Waals surface area contributed by atoms with E-state index >= 15 is 0 Å². The second-order valence-electron chi connectivity index (χ2n) is 9.94. The maximum Gasteiger partial charge on any atom is 0.226 e. The largest absolute Gasteiger partial charge is 0.349 e. The predicted octanol–water partition coefficient (Wildman–Crippen LogP) is 3.62. The van der Waals surface area contributed by atoms with Crippen LogP contribution in [0.25, 0.3) is 0 Å². The number of carbonyl (C=O) groups excluding carboxylic acids is 1. The standard InChI is InChI=1S/C22H28FN5O/c1-14(2)19(17-3-5-18(23)6-4-17)26-20(29)21-8-15-7-16(9-21)11-22(10-15,12-21)28-25-13-24-27-28/h3-6,13-16,19H,7-12H2,1-2H3,(H,26,29)/t15-,16+,19-,21?,22?/m1/s1. The Hall–Kier alpha value is -2.31. The first-order valence-corrected chi connectivity index (χ1v) is 10.7. The van der Waals surface area contributed by atoms with Gasteiger partial charge in [-0.2, -0.15) is 4.80 Å². The number of rotatable bonds is 5. The topological polar surface area (TPSA) is 72.7 Å². The molecule has 5 atom stereocenters. The van der Waals surface area contributed by atoms with Gasteiger partial charge in [-0.05, 0) is 79.2 Å². The summed E-state index contributed by atoms with van der Waals surface area (Å²) in [6.45, 7) is 4.18. The summed E-state index contributed by atoms with van der Waals surface area (Å²) >= 11 is 0. The molecule has 0 radical (unpaired) electrons. The highest BCUT2D eigenvalue weighted by Gasteiger charge is 2.62. The lowest BCUT2D eigenvalue weighted by molar-refractivity contribution is -0.158. The number of nitrogens with one attached hydrogen (secondary N) is 1. The Bertz CT molecular complexity index is 880. The second kappa shape index (κ2) is 6.61. The number of aromatic nitrogens is 4. The summed E-state index contributed by atoms with van der Waals surface area (Å²) in [5.41, 5.74) is 0.401. The van der Waals surface area contributed by atoms with E-state index in [1.807, 2.05) is 0 Å². The summed E-state index contributed by atoms with van der Waals surface area (Å²) in [6.07, 6.45) is 7.45. The zero-order valence-electron chi connectivity index (χ0n) is 17.0. The van der Waals surface area contributed by atoms with E-state index in [1.54, 1.807) is 16.9 Å². The number of tetrazole rings is 1. The molecule has 4 aliphatic rings. The minimum absolute atomic E-state index is 0.128. The first kappa shape index (κ1) is 18.7. The molecular weight excluding hydrogens is 369 g/mol. The van der Waals surface area contributed by atoms with Crippen molar-refractivity contribution >= 4 is 5.91 Å². The van der Waals surface area contributed by atoms with Gasteiger partial charge in [-0.1, -0.05) is 26.0 Å². The van der Waals surface area contributed by atoms with E-state index in [-0.39, 0.29) is 34.6 Å². The summed E-state index contributed by atoms with van der Waals surface area (Å²) in [5.74, 6) is 1.17. The first-order valence-electron chi connectivity index (χ1n) is 10.7. The number of amides is 1. The Morgan fingerprint density at radius 1 is 1.17 bits per heavy atom. The third-order valence-corrected chi connectivity index (χ3v) is 7.47. The second-order valence-corrected chi connectivity index (χ2v) is 9.94. The van der Waals surface area contributed by atoms with Crippen LogP contribution in [0.5, 0.6) is 0 Å². The Morgan fingerprint density at radius 2 is 1.86 bits per heavy atom. The van der Waals surface area contributed by atoms with Gasteiger partial charge in [0, 0.05) is 0 Å². The van der Waals surface area contributed by atoms with Crippen molar-refractivity contribution < 1.29 is 9.18 Å². The molecule has 1 heterocycles. The average Bonchev–Trinajstić information content (AvgIpc) is 3.21. The number of hydrogen-bond acceptors (Lipinski definition) is 4. The minimum Gasteiger partial charge on any atom is -0.349 e. The molecular formula is C22H28FN5O. The summed E-state index contributed by atoms with van der Waals surface area (Å²) in [6, 6.07) is 6.36. The number of carbonyl (C=O) groups is 1. The van der Waals surface area contributed by atoms with Gasteiger partial charge in [0.05, 0.1) is 17.0 Å². The lowest BCUT2D eigenvalue weighted by Gasteiger charge is -2.60. The van der Waals surface area contributed by atoms with Crippen molar-refractivity contribution in [2.75, 3.05) is 0 Å². The van der Waals surface area contributed by atoms with Crippen molar-refractivity contribution in [2.45, 2.75) is 64.0 Å². The molecule has 0 saturated heterocycles. The van der Waals surface area contributed by atoms with Crippen LogP contribution < -0.4 is 5.32 Å². The molecule has 4 saturated carbocycles. The zero-order valence-corrected chi connectivity index (χ0v) is 17.0. The van der Waals surface area contributed by atoms with Gasteiger partial charge in [0.1, 0.15) is 5.82 Å². The molecule has 2 aromatic rings. The third kappa shape index (κ3) is 3.06. The molecule has 6 nitrogen and oxygen atoms in total. The van der Waals surface area contributed by atoms with Crippen LogP contribution in [0.4, 0.5) is 4.39 Å². The Balaban J connectivity index is 1.43. The normalized spacial score (nSPS) is 33.8. The van der Waals surface area contributed by atoms with E-state index < -0.39 is 0 Å². The van der Waals surface area contributed by atoms with Gasteiger partial charge in [-0.3, -0.25) is 4.79 Å². The van der Waals surface area contributed by atoms with Crippen molar-refractivity contribution in [1.29, 1.82) is 0 Å². The summed E-state index contributed by atoms with van der Waals surface area (Å²) in [7, 11) is 0. The van der Waals surface area contributed by atoms with Crippen LogP contribution >= 0.6 is 0 Å². The molecule has 1 aromatic heterocycles. The first-order chi connectivity index (χ1) is 13.9. The molecule has 2 unspecified atom stereocenters. The highest BCUT2D eigenvalue weighted by atomic mass is 19.1. The zero-order chi connectivity index (χ0) is 20.2. The van der Waals surface area contributed by atoms with Crippen LogP contribution in [0.1, 0.15) is 64.0 Å². The minimum atomic E-state index is -0.370.